The summed E-state index contributed by atoms with van der Waals surface area (Å²) >= 11 is 0. The third-order valence-electron chi connectivity index (χ3n) is 13.8. The van der Waals surface area contributed by atoms with Crippen molar-refractivity contribution >= 4 is 17.2 Å². The zero-order chi connectivity index (χ0) is 34.6. The van der Waals surface area contributed by atoms with Crippen molar-refractivity contribution in [2.24, 2.45) is 11.8 Å². The highest BCUT2D eigenvalue weighted by atomic mass is 16.5. The monoisotopic (exact) mass is 674 g/mol. The van der Waals surface area contributed by atoms with Gasteiger partial charge in [-0.15, -0.1) is 0 Å². The molecule has 8 aliphatic carbocycles. The van der Waals surface area contributed by atoms with Gasteiger partial charge in [0.25, 0.3) is 0 Å². The molecule has 2 aromatic rings. The largest absolute Gasteiger partial charge is 0.364 e. The van der Waals surface area contributed by atoms with Crippen molar-refractivity contribution in [2.45, 2.75) is 82.3 Å². The fourth-order valence-electron chi connectivity index (χ4n) is 11.1. The van der Waals surface area contributed by atoms with Crippen molar-refractivity contribution in [3.63, 3.8) is 0 Å². The fourth-order valence-corrected chi connectivity index (χ4v) is 11.1. The van der Waals surface area contributed by atoms with Crippen molar-refractivity contribution < 1.29 is 4.74 Å². The standard InChI is InChI=1S/C51H46O/c1-51(2)46-17-7-6-12-40(46)41-25-24-36(29-47(41)51)33-18-19-34-27-37(22-20-32(34)26-33)39-13-8-16-44-42-14-9-15-43-45-28-35(31-10-4-3-5-11-31)21-23-38(45)30-48(49(42)43)52-50(39)44/h3-10,12-17,21,23,26-31,44,48-50H,11,18-20,22,24-25H2,1-2H3. The third kappa shape index (κ3) is 4.64. The van der Waals surface area contributed by atoms with Gasteiger partial charge in [-0.25, -0.2) is 0 Å². The van der Waals surface area contributed by atoms with E-state index in [1.807, 2.05) is 0 Å². The average Bonchev–Trinajstić information content (AvgIpc) is 3.43. The van der Waals surface area contributed by atoms with E-state index in [1.165, 1.54) is 49.4 Å². The van der Waals surface area contributed by atoms with E-state index in [0.717, 1.165) is 44.9 Å². The minimum absolute atomic E-state index is 0.0504. The van der Waals surface area contributed by atoms with Crippen molar-refractivity contribution in [2.75, 3.05) is 0 Å². The Labute approximate surface area is 308 Å². The van der Waals surface area contributed by atoms with Gasteiger partial charge in [0.1, 0.15) is 0 Å². The molecular weight excluding hydrogens is 629 g/mol. The Morgan fingerprint density at radius 1 is 0.750 bits per heavy atom. The molecule has 0 saturated carbocycles. The molecule has 0 amide bonds. The quantitative estimate of drug-likeness (QED) is 0.315. The van der Waals surface area contributed by atoms with E-state index in [2.05, 4.69) is 141 Å². The second-order valence-electron chi connectivity index (χ2n) is 16.8. The summed E-state index contributed by atoms with van der Waals surface area (Å²) in [7, 11) is 0. The zero-order valence-corrected chi connectivity index (χ0v) is 30.4. The molecule has 5 unspecified atom stereocenters. The molecule has 1 heterocycles. The van der Waals surface area contributed by atoms with Gasteiger partial charge in [0.2, 0.25) is 0 Å². The Balaban J connectivity index is 0.889. The summed E-state index contributed by atoms with van der Waals surface area (Å²) < 4.78 is 7.24. The first-order chi connectivity index (χ1) is 25.5. The van der Waals surface area contributed by atoms with Crippen molar-refractivity contribution in [1.82, 2.24) is 0 Å². The molecule has 0 spiro atoms. The predicted molar refractivity (Wildman–Crippen MR) is 215 cm³/mol. The average molecular weight is 675 g/mol. The zero-order valence-electron chi connectivity index (χ0n) is 30.4. The molecule has 52 heavy (non-hydrogen) atoms. The number of fused-ring (bicyclic) bond motifs is 5. The number of ether oxygens (including phenoxy) is 1. The molecule has 256 valence electrons. The number of allylic oxidation sites excluding steroid dienone is 18. The Morgan fingerprint density at radius 2 is 1.58 bits per heavy atom. The second-order valence-corrected chi connectivity index (χ2v) is 16.8. The molecule has 1 saturated heterocycles. The highest BCUT2D eigenvalue weighted by Crippen LogP contribution is 2.53. The maximum atomic E-state index is 7.24. The predicted octanol–water partition coefficient (Wildman–Crippen LogP) is 10.4. The minimum Gasteiger partial charge on any atom is -0.364 e. The van der Waals surface area contributed by atoms with E-state index >= 15 is 0 Å². The lowest BCUT2D eigenvalue weighted by Crippen LogP contribution is -2.49. The Hall–Kier alpha value is -4.72. The maximum absolute atomic E-state index is 7.24. The Kier molecular flexibility index (Phi) is 6.91. The van der Waals surface area contributed by atoms with Crippen molar-refractivity contribution in [3.05, 3.63) is 193 Å². The van der Waals surface area contributed by atoms with Crippen LogP contribution in [0.3, 0.4) is 0 Å². The van der Waals surface area contributed by atoms with E-state index in [1.54, 1.807) is 33.4 Å². The lowest BCUT2D eigenvalue weighted by atomic mass is 9.67. The third-order valence-corrected chi connectivity index (χ3v) is 13.8. The lowest BCUT2D eigenvalue weighted by Gasteiger charge is -2.47. The van der Waals surface area contributed by atoms with E-state index in [9.17, 15) is 0 Å². The number of hydrogen-bond acceptors (Lipinski definition) is 1. The minimum atomic E-state index is 0.0504. The summed E-state index contributed by atoms with van der Waals surface area (Å²) in [6.45, 7) is 4.83. The molecule has 0 aromatic heterocycles. The number of benzene rings is 2. The fraction of sp³-hybridized carbons (Fsp3) is 0.294. The Bertz CT molecular complexity index is 2450. The topological polar surface area (TPSA) is 9.23 Å². The van der Waals surface area contributed by atoms with Crippen LogP contribution < -0.4 is 10.4 Å². The molecule has 0 N–H and O–H groups in total. The highest BCUT2D eigenvalue weighted by molar-refractivity contribution is 5.84. The molecule has 1 nitrogen and oxygen atoms in total. The summed E-state index contributed by atoms with van der Waals surface area (Å²) in [5.41, 5.74) is 19.7. The molecule has 1 aliphatic heterocycles. The summed E-state index contributed by atoms with van der Waals surface area (Å²) in [5.74, 6) is 1.00. The van der Waals surface area contributed by atoms with Crippen LogP contribution in [0.25, 0.3) is 17.2 Å². The summed E-state index contributed by atoms with van der Waals surface area (Å²) in [5, 5.41) is 2.70. The van der Waals surface area contributed by atoms with Gasteiger partial charge in [-0.1, -0.05) is 135 Å². The highest BCUT2D eigenvalue weighted by Gasteiger charge is 2.45. The summed E-state index contributed by atoms with van der Waals surface area (Å²) in [4.78, 5) is 0. The molecule has 11 rings (SSSR count). The van der Waals surface area contributed by atoms with Gasteiger partial charge in [-0.3, -0.25) is 0 Å². The van der Waals surface area contributed by atoms with Gasteiger partial charge in [-0.05, 0) is 134 Å². The van der Waals surface area contributed by atoms with E-state index in [0.29, 0.717) is 5.92 Å². The first kappa shape index (κ1) is 30.9. The first-order valence-electron chi connectivity index (χ1n) is 19.8. The second kappa shape index (κ2) is 11.6. The molecule has 0 bridgehead atoms. The van der Waals surface area contributed by atoms with Crippen molar-refractivity contribution in [1.29, 1.82) is 0 Å². The first-order valence-corrected chi connectivity index (χ1v) is 19.8. The summed E-state index contributed by atoms with van der Waals surface area (Å²) in [6.07, 6.45) is 41.2. The molecule has 9 aliphatic rings. The maximum Gasteiger partial charge on any atom is 0.0936 e. The van der Waals surface area contributed by atoms with Gasteiger partial charge in [0.05, 0.1) is 12.2 Å². The number of hydrogen-bond donors (Lipinski definition) is 0. The van der Waals surface area contributed by atoms with Crippen LogP contribution in [0.1, 0.15) is 81.4 Å². The van der Waals surface area contributed by atoms with Crippen LogP contribution in [0.5, 0.6) is 0 Å². The number of rotatable bonds is 3. The van der Waals surface area contributed by atoms with Crippen LogP contribution in [0.4, 0.5) is 0 Å². The normalized spacial score (nSPS) is 30.1. The molecule has 1 heteroatoms. The Morgan fingerprint density at radius 3 is 2.46 bits per heavy atom. The van der Waals surface area contributed by atoms with Gasteiger partial charge in [0, 0.05) is 23.2 Å². The van der Waals surface area contributed by atoms with Crippen LogP contribution in [0.2, 0.25) is 0 Å². The molecule has 0 radical (unpaired) electrons. The van der Waals surface area contributed by atoms with E-state index in [-0.39, 0.29) is 29.5 Å². The van der Waals surface area contributed by atoms with Crippen LogP contribution in [0.15, 0.2) is 166 Å². The van der Waals surface area contributed by atoms with Gasteiger partial charge < -0.3 is 4.74 Å². The summed E-state index contributed by atoms with van der Waals surface area (Å²) in [6, 6.07) is 16.2. The van der Waals surface area contributed by atoms with Crippen LogP contribution >= 0.6 is 0 Å². The smallest absolute Gasteiger partial charge is 0.0936 e. The SMILES string of the molecule is CC1(C)C2=C(CCC(C3=CC4=C(C=C(C5=CC=CC6C7=CC=CC8=c9cc(C%10C=CC=CC%10)ccc9=CC(OC56)C78)CC4)CC3)=C2)c2ccccc21. The van der Waals surface area contributed by atoms with Gasteiger partial charge in [0.15, 0.2) is 0 Å². The molecule has 1 fully saturated rings. The van der Waals surface area contributed by atoms with Gasteiger partial charge >= 0.3 is 0 Å². The van der Waals surface area contributed by atoms with Crippen LogP contribution in [0, 0.1) is 11.8 Å². The van der Waals surface area contributed by atoms with Gasteiger partial charge in [-0.2, -0.15) is 0 Å². The van der Waals surface area contributed by atoms with Crippen molar-refractivity contribution in [3.8, 4) is 0 Å². The van der Waals surface area contributed by atoms with E-state index < -0.39 is 0 Å². The van der Waals surface area contributed by atoms with E-state index in [4.69, 9.17) is 4.74 Å². The molecular formula is C51H46O. The molecule has 2 aromatic carbocycles. The lowest BCUT2D eigenvalue weighted by molar-refractivity contribution is -0.0138. The molecule has 5 atom stereocenters. The van der Waals surface area contributed by atoms with Crippen LogP contribution in [-0.2, 0) is 10.2 Å². The van der Waals surface area contributed by atoms with Crippen LogP contribution in [-0.4, -0.2) is 12.2 Å².